The van der Waals surface area contributed by atoms with E-state index in [1.165, 1.54) is 0 Å². The van der Waals surface area contributed by atoms with Crippen LogP contribution in [0.5, 0.6) is 0 Å². The standard InChI is InChI=1S/C10H10F3O2/c11-10(12,13)7-15-6-9(14)8-4-2-1-3-5-8/h1-4,9,14H,6-7H2. The first kappa shape index (κ1) is 12.0. The topological polar surface area (TPSA) is 29.5 Å². The Morgan fingerprint density at radius 2 is 2.13 bits per heavy atom. The molecule has 1 rings (SSSR count). The fraction of sp³-hybridized carbons (Fsp3) is 0.400. The molecule has 0 aliphatic heterocycles. The fourth-order valence-corrected chi connectivity index (χ4v) is 0.991. The molecule has 15 heavy (non-hydrogen) atoms. The largest absolute Gasteiger partial charge is 0.411 e. The van der Waals surface area contributed by atoms with E-state index >= 15 is 0 Å². The highest BCUT2D eigenvalue weighted by Crippen LogP contribution is 2.17. The lowest BCUT2D eigenvalue weighted by molar-refractivity contribution is -0.179. The van der Waals surface area contributed by atoms with E-state index in [1.54, 1.807) is 24.3 Å². The molecule has 1 aromatic carbocycles. The number of rotatable bonds is 4. The first-order valence-corrected chi connectivity index (χ1v) is 4.28. The molecular weight excluding hydrogens is 209 g/mol. The summed E-state index contributed by atoms with van der Waals surface area (Å²) >= 11 is 0. The van der Waals surface area contributed by atoms with Crippen molar-refractivity contribution in [3.63, 3.8) is 0 Å². The highest BCUT2D eigenvalue weighted by molar-refractivity contribution is 5.15. The SMILES string of the molecule is OC(COCC(F)(F)F)c1[c]cccc1. The summed E-state index contributed by atoms with van der Waals surface area (Å²) in [5, 5.41) is 9.39. The monoisotopic (exact) mass is 219 g/mol. The molecule has 0 spiro atoms. The molecule has 0 aliphatic rings. The van der Waals surface area contributed by atoms with Crippen molar-refractivity contribution in [1.29, 1.82) is 0 Å². The number of alkyl halides is 3. The number of hydrogen-bond acceptors (Lipinski definition) is 2. The second-order valence-electron chi connectivity index (χ2n) is 2.96. The smallest absolute Gasteiger partial charge is 0.386 e. The molecule has 1 radical (unpaired) electrons. The molecule has 0 aliphatic carbocycles. The molecule has 0 saturated heterocycles. The Morgan fingerprint density at radius 3 is 2.67 bits per heavy atom. The van der Waals surface area contributed by atoms with Crippen molar-refractivity contribution < 1.29 is 23.0 Å². The molecule has 0 amide bonds. The Bertz CT molecular complexity index is 284. The molecule has 0 bridgehead atoms. The lowest BCUT2D eigenvalue weighted by atomic mass is 10.1. The second kappa shape index (κ2) is 5.14. The molecule has 0 aromatic heterocycles. The van der Waals surface area contributed by atoms with Gasteiger partial charge in [0.1, 0.15) is 12.7 Å². The van der Waals surface area contributed by atoms with Gasteiger partial charge in [0.25, 0.3) is 0 Å². The Kier molecular flexibility index (Phi) is 4.11. The predicted molar refractivity (Wildman–Crippen MR) is 47.1 cm³/mol. The third-order valence-electron chi connectivity index (χ3n) is 1.63. The van der Waals surface area contributed by atoms with E-state index in [-0.39, 0.29) is 6.61 Å². The molecule has 1 N–H and O–H groups in total. The molecule has 83 valence electrons. The summed E-state index contributed by atoms with van der Waals surface area (Å²) in [6.07, 6.45) is -5.44. The molecule has 5 heteroatoms. The number of benzene rings is 1. The average Bonchev–Trinajstić information content (AvgIpc) is 2.17. The lowest BCUT2D eigenvalue weighted by Crippen LogP contribution is -2.19. The van der Waals surface area contributed by atoms with E-state index in [0.717, 1.165) is 0 Å². The van der Waals surface area contributed by atoms with Crippen molar-refractivity contribution in [1.82, 2.24) is 0 Å². The zero-order valence-corrected chi connectivity index (χ0v) is 7.79. The summed E-state index contributed by atoms with van der Waals surface area (Å²) in [6, 6.07) is 9.21. The highest BCUT2D eigenvalue weighted by atomic mass is 19.4. The summed E-state index contributed by atoms with van der Waals surface area (Å²) in [7, 11) is 0. The van der Waals surface area contributed by atoms with Crippen molar-refractivity contribution in [2.75, 3.05) is 13.2 Å². The Labute approximate surface area is 85.3 Å². The van der Waals surface area contributed by atoms with E-state index in [1.807, 2.05) is 0 Å². The van der Waals surface area contributed by atoms with E-state index in [0.29, 0.717) is 5.56 Å². The van der Waals surface area contributed by atoms with Gasteiger partial charge < -0.3 is 9.84 Å². The van der Waals surface area contributed by atoms with Gasteiger partial charge in [-0.25, -0.2) is 0 Å². The summed E-state index contributed by atoms with van der Waals surface area (Å²) in [6.45, 7) is -1.74. The van der Waals surface area contributed by atoms with Gasteiger partial charge in [-0.15, -0.1) is 0 Å². The minimum Gasteiger partial charge on any atom is -0.386 e. The highest BCUT2D eigenvalue weighted by Gasteiger charge is 2.27. The number of hydrogen-bond donors (Lipinski definition) is 1. The number of aliphatic hydroxyl groups is 1. The Balaban J connectivity index is 2.34. The van der Waals surface area contributed by atoms with E-state index in [2.05, 4.69) is 10.8 Å². The van der Waals surface area contributed by atoms with Crippen molar-refractivity contribution >= 4 is 0 Å². The third kappa shape index (κ3) is 4.80. The van der Waals surface area contributed by atoms with Crippen LogP contribution in [0.25, 0.3) is 0 Å². The summed E-state index contributed by atoms with van der Waals surface area (Å²) in [4.78, 5) is 0. The first-order valence-electron chi connectivity index (χ1n) is 4.28. The molecule has 2 nitrogen and oxygen atoms in total. The van der Waals surface area contributed by atoms with Gasteiger partial charge in [0.2, 0.25) is 0 Å². The zero-order chi connectivity index (χ0) is 11.3. The summed E-state index contributed by atoms with van der Waals surface area (Å²) < 4.78 is 39.4. The summed E-state index contributed by atoms with van der Waals surface area (Å²) in [5.74, 6) is 0. The maximum absolute atomic E-state index is 11.7. The quantitative estimate of drug-likeness (QED) is 0.840. The molecule has 1 atom stereocenters. The molecule has 1 unspecified atom stereocenters. The van der Waals surface area contributed by atoms with Crippen LogP contribution in [-0.2, 0) is 4.74 Å². The first-order chi connectivity index (χ1) is 6.99. The predicted octanol–water partition coefficient (Wildman–Crippen LogP) is 2.10. The van der Waals surface area contributed by atoms with Gasteiger partial charge in [0, 0.05) is 0 Å². The Hall–Kier alpha value is -1.07. The van der Waals surface area contributed by atoms with Crippen molar-refractivity contribution in [3.05, 3.63) is 35.9 Å². The molecule has 0 saturated carbocycles. The maximum Gasteiger partial charge on any atom is 0.411 e. The van der Waals surface area contributed by atoms with Gasteiger partial charge >= 0.3 is 6.18 Å². The van der Waals surface area contributed by atoms with Gasteiger partial charge in [-0.1, -0.05) is 24.3 Å². The van der Waals surface area contributed by atoms with Gasteiger partial charge in [0.05, 0.1) is 6.61 Å². The molecular formula is C10H10F3O2. The van der Waals surface area contributed by atoms with E-state index in [9.17, 15) is 18.3 Å². The summed E-state index contributed by atoms with van der Waals surface area (Å²) in [5.41, 5.74) is 0.416. The fourth-order valence-electron chi connectivity index (χ4n) is 0.991. The van der Waals surface area contributed by atoms with Crippen molar-refractivity contribution in [3.8, 4) is 0 Å². The second-order valence-corrected chi connectivity index (χ2v) is 2.96. The average molecular weight is 219 g/mol. The van der Waals surface area contributed by atoms with Crippen LogP contribution in [0.4, 0.5) is 13.2 Å². The minimum absolute atomic E-state index is 0.389. The Morgan fingerprint density at radius 1 is 1.40 bits per heavy atom. The van der Waals surface area contributed by atoms with E-state index < -0.39 is 18.9 Å². The number of halogens is 3. The third-order valence-corrected chi connectivity index (χ3v) is 1.63. The van der Waals surface area contributed by atoms with Crippen LogP contribution in [-0.4, -0.2) is 24.5 Å². The number of ether oxygens (including phenoxy) is 1. The van der Waals surface area contributed by atoms with Gasteiger partial charge in [0.15, 0.2) is 0 Å². The van der Waals surface area contributed by atoms with Crippen LogP contribution in [0.2, 0.25) is 0 Å². The molecule has 0 heterocycles. The maximum atomic E-state index is 11.7. The van der Waals surface area contributed by atoms with Crippen molar-refractivity contribution in [2.45, 2.75) is 12.3 Å². The lowest BCUT2D eigenvalue weighted by Gasteiger charge is -2.12. The zero-order valence-electron chi connectivity index (χ0n) is 7.79. The number of aliphatic hydroxyl groups excluding tert-OH is 1. The van der Waals surface area contributed by atoms with Crippen LogP contribution in [0.3, 0.4) is 0 Å². The minimum atomic E-state index is -4.36. The van der Waals surface area contributed by atoms with Crippen LogP contribution < -0.4 is 0 Å². The van der Waals surface area contributed by atoms with Crippen LogP contribution >= 0.6 is 0 Å². The van der Waals surface area contributed by atoms with E-state index in [4.69, 9.17) is 0 Å². The van der Waals surface area contributed by atoms with Gasteiger partial charge in [-0.2, -0.15) is 13.2 Å². The van der Waals surface area contributed by atoms with Crippen LogP contribution in [0.1, 0.15) is 11.7 Å². The van der Waals surface area contributed by atoms with Gasteiger partial charge in [-0.3, -0.25) is 0 Å². The molecule has 0 fully saturated rings. The normalized spacial score (nSPS) is 13.9. The molecule has 1 aromatic rings. The van der Waals surface area contributed by atoms with Gasteiger partial charge in [-0.05, 0) is 11.6 Å². The van der Waals surface area contributed by atoms with Crippen molar-refractivity contribution in [2.24, 2.45) is 0 Å². The van der Waals surface area contributed by atoms with Crippen LogP contribution in [0.15, 0.2) is 24.3 Å². The van der Waals surface area contributed by atoms with Crippen LogP contribution in [0, 0.1) is 6.07 Å².